The van der Waals surface area contributed by atoms with Crippen molar-refractivity contribution in [2.24, 2.45) is 5.41 Å². The van der Waals surface area contributed by atoms with Gasteiger partial charge in [-0.15, -0.1) is 11.8 Å². The summed E-state index contributed by atoms with van der Waals surface area (Å²) in [6, 6.07) is 10.4. The molecule has 0 fully saturated rings. The van der Waals surface area contributed by atoms with Crippen LogP contribution in [0.5, 0.6) is 0 Å². The van der Waals surface area contributed by atoms with Crippen molar-refractivity contribution in [3.8, 4) is 0 Å². The van der Waals surface area contributed by atoms with Gasteiger partial charge in [-0.2, -0.15) is 0 Å². The summed E-state index contributed by atoms with van der Waals surface area (Å²) in [7, 11) is 0. The molecule has 94 valence electrons. The van der Waals surface area contributed by atoms with Crippen LogP contribution in [0.3, 0.4) is 0 Å². The van der Waals surface area contributed by atoms with Gasteiger partial charge in [0.25, 0.3) is 0 Å². The highest BCUT2D eigenvalue weighted by Crippen LogP contribution is 2.36. The lowest BCUT2D eigenvalue weighted by atomic mass is 9.91. The Bertz CT molecular complexity index is 349. The van der Waals surface area contributed by atoms with Gasteiger partial charge in [0.05, 0.1) is 6.10 Å². The first-order valence-electron chi connectivity index (χ1n) is 5.97. The summed E-state index contributed by atoms with van der Waals surface area (Å²) in [6.07, 6.45) is 3.60. The molecule has 17 heavy (non-hydrogen) atoms. The Kier molecular flexibility index (Phi) is 5.29. The SMILES string of the molecule is C[C@@H](O)/C=C/[C@H](Sc1ccccc1)C(C)(C)C. The molecule has 1 nitrogen and oxygen atoms in total. The summed E-state index contributed by atoms with van der Waals surface area (Å²) in [5, 5.41) is 9.70. The minimum Gasteiger partial charge on any atom is -0.389 e. The van der Waals surface area contributed by atoms with Gasteiger partial charge in [0.15, 0.2) is 0 Å². The van der Waals surface area contributed by atoms with Crippen LogP contribution in [0.2, 0.25) is 0 Å². The molecule has 1 rings (SSSR count). The van der Waals surface area contributed by atoms with Crippen LogP contribution in [0.15, 0.2) is 47.4 Å². The van der Waals surface area contributed by atoms with E-state index < -0.39 is 0 Å². The topological polar surface area (TPSA) is 20.2 Å². The highest BCUT2D eigenvalue weighted by molar-refractivity contribution is 8.00. The van der Waals surface area contributed by atoms with Crippen molar-refractivity contribution < 1.29 is 5.11 Å². The fourth-order valence-corrected chi connectivity index (χ4v) is 2.54. The summed E-state index contributed by atoms with van der Waals surface area (Å²) in [5.41, 5.74) is 0.173. The van der Waals surface area contributed by atoms with E-state index in [0.29, 0.717) is 5.25 Å². The monoisotopic (exact) mass is 250 g/mol. The molecule has 0 aliphatic heterocycles. The number of aliphatic hydroxyl groups excluding tert-OH is 1. The lowest BCUT2D eigenvalue weighted by molar-refractivity contribution is 0.243. The van der Waals surface area contributed by atoms with Gasteiger partial charge in [0, 0.05) is 10.1 Å². The van der Waals surface area contributed by atoms with Crippen LogP contribution in [0.4, 0.5) is 0 Å². The second-order valence-electron chi connectivity index (χ2n) is 5.34. The van der Waals surface area contributed by atoms with Crippen LogP contribution in [0.25, 0.3) is 0 Å². The van der Waals surface area contributed by atoms with E-state index in [-0.39, 0.29) is 11.5 Å². The van der Waals surface area contributed by atoms with Gasteiger partial charge in [-0.25, -0.2) is 0 Å². The van der Waals surface area contributed by atoms with Gasteiger partial charge in [-0.05, 0) is 24.5 Å². The second-order valence-corrected chi connectivity index (χ2v) is 6.56. The number of hydrogen-bond acceptors (Lipinski definition) is 2. The average Bonchev–Trinajstić information content (AvgIpc) is 2.23. The molecule has 0 radical (unpaired) electrons. The normalized spacial score (nSPS) is 16.1. The number of aliphatic hydroxyl groups is 1. The van der Waals surface area contributed by atoms with E-state index in [2.05, 4.69) is 51.1 Å². The number of rotatable bonds is 4. The maximum atomic E-state index is 9.34. The Morgan fingerprint density at radius 2 is 1.71 bits per heavy atom. The number of thioether (sulfide) groups is 1. The third-order valence-electron chi connectivity index (χ3n) is 2.42. The average molecular weight is 250 g/mol. The van der Waals surface area contributed by atoms with E-state index in [1.165, 1.54) is 4.90 Å². The molecule has 1 aromatic carbocycles. The van der Waals surface area contributed by atoms with Gasteiger partial charge in [-0.3, -0.25) is 0 Å². The van der Waals surface area contributed by atoms with Crippen LogP contribution < -0.4 is 0 Å². The molecule has 2 heteroatoms. The molecular weight excluding hydrogens is 228 g/mol. The van der Waals surface area contributed by atoms with E-state index in [9.17, 15) is 5.11 Å². The van der Waals surface area contributed by atoms with Crippen molar-refractivity contribution in [1.29, 1.82) is 0 Å². The summed E-state index contributed by atoms with van der Waals surface area (Å²) < 4.78 is 0. The lowest BCUT2D eigenvalue weighted by Gasteiger charge is -2.27. The second kappa shape index (κ2) is 6.27. The fourth-order valence-electron chi connectivity index (χ4n) is 1.41. The summed E-state index contributed by atoms with van der Waals surface area (Å²) >= 11 is 1.84. The van der Waals surface area contributed by atoms with Gasteiger partial charge >= 0.3 is 0 Å². The number of hydrogen-bond donors (Lipinski definition) is 1. The number of benzene rings is 1. The summed E-state index contributed by atoms with van der Waals surface area (Å²) in [6.45, 7) is 8.45. The zero-order chi connectivity index (χ0) is 12.9. The van der Waals surface area contributed by atoms with Crippen LogP contribution in [-0.2, 0) is 0 Å². The third kappa shape index (κ3) is 5.42. The molecule has 0 aliphatic carbocycles. The van der Waals surface area contributed by atoms with Crippen molar-refractivity contribution >= 4 is 11.8 Å². The largest absolute Gasteiger partial charge is 0.389 e. The van der Waals surface area contributed by atoms with Gasteiger partial charge in [0.2, 0.25) is 0 Å². The van der Waals surface area contributed by atoms with Crippen LogP contribution in [-0.4, -0.2) is 16.5 Å². The third-order valence-corrected chi connectivity index (χ3v) is 4.09. The molecule has 0 amide bonds. The van der Waals surface area contributed by atoms with Gasteiger partial charge in [0.1, 0.15) is 0 Å². The zero-order valence-electron chi connectivity index (χ0n) is 11.1. The molecule has 1 aromatic rings. The maximum Gasteiger partial charge on any atom is 0.0693 e. The Morgan fingerprint density at radius 1 is 1.12 bits per heavy atom. The first-order valence-corrected chi connectivity index (χ1v) is 6.85. The molecule has 0 saturated heterocycles. The van der Waals surface area contributed by atoms with Gasteiger partial charge in [-0.1, -0.05) is 51.1 Å². The van der Waals surface area contributed by atoms with Crippen molar-refractivity contribution in [3.63, 3.8) is 0 Å². The Morgan fingerprint density at radius 3 is 2.18 bits per heavy atom. The highest BCUT2D eigenvalue weighted by Gasteiger charge is 2.23. The first-order chi connectivity index (χ1) is 7.89. The zero-order valence-corrected chi connectivity index (χ0v) is 11.9. The minimum atomic E-state index is -0.378. The molecule has 0 saturated carbocycles. The Hall–Kier alpha value is -0.730. The Balaban J connectivity index is 2.78. The predicted octanol–water partition coefficient (Wildman–Crippen LogP) is 4.13. The summed E-state index contributed by atoms with van der Waals surface area (Å²) in [5.74, 6) is 0. The molecule has 0 aliphatic rings. The van der Waals surface area contributed by atoms with Crippen molar-refractivity contribution in [2.75, 3.05) is 0 Å². The Labute approximate surface area is 109 Å². The van der Waals surface area contributed by atoms with E-state index in [1.54, 1.807) is 6.92 Å². The van der Waals surface area contributed by atoms with E-state index in [4.69, 9.17) is 0 Å². The van der Waals surface area contributed by atoms with E-state index >= 15 is 0 Å². The maximum absolute atomic E-state index is 9.34. The van der Waals surface area contributed by atoms with E-state index in [1.807, 2.05) is 23.9 Å². The van der Waals surface area contributed by atoms with E-state index in [0.717, 1.165) is 0 Å². The van der Waals surface area contributed by atoms with Crippen molar-refractivity contribution in [1.82, 2.24) is 0 Å². The van der Waals surface area contributed by atoms with Gasteiger partial charge < -0.3 is 5.11 Å². The first kappa shape index (κ1) is 14.3. The quantitative estimate of drug-likeness (QED) is 0.640. The molecule has 0 spiro atoms. The molecule has 0 aromatic heterocycles. The minimum absolute atomic E-state index is 0.173. The summed E-state index contributed by atoms with van der Waals surface area (Å²) in [4.78, 5) is 1.27. The molecule has 0 bridgehead atoms. The van der Waals surface area contributed by atoms with Crippen LogP contribution in [0, 0.1) is 5.41 Å². The molecule has 0 heterocycles. The van der Waals surface area contributed by atoms with Crippen molar-refractivity contribution in [2.45, 2.75) is 43.9 Å². The predicted molar refractivity (Wildman–Crippen MR) is 76.4 cm³/mol. The highest BCUT2D eigenvalue weighted by atomic mass is 32.2. The fraction of sp³-hybridized carbons (Fsp3) is 0.467. The molecule has 2 atom stereocenters. The van der Waals surface area contributed by atoms with Crippen LogP contribution >= 0.6 is 11.8 Å². The molecular formula is C15H22OS. The molecule has 0 unspecified atom stereocenters. The lowest BCUT2D eigenvalue weighted by Crippen LogP contribution is -2.21. The standard InChI is InChI=1S/C15H22OS/c1-12(16)10-11-14(15(2,3)4)17-13-8-6-5-7-9-13/h5-12,14,16H,1-4H3/b11-10+/t12-,14+/m1/s1. The van der Waals surface area contributed by atoms with Crippen LogP contribution in [0.1, 0.15) is 27.7 Å². The smallest absolute Gasteiger partial charge is 0.0693 e. The van der Waals surface area contributed by atoms with Crippen molar-refractivity contribution in [3.05, 3.63) is 42.5 Å². The molecule has 1 N–H and O–H groups in total.